The first-order valence-corrected chi connectivity index (χ1v) is 7.40. The molecule has 0 aliphatic carbocycles. The van der Waals surface area contributed by atoms with Gasteiger partial charge in [-0.2, -0.15) is 16.9 Å². The van der Waals surface area contributed by atoms with Crippen LogP contribution in [0.25, 0.3) is 0 Å². The van der Waals surface area contributed by atoms with E-state index in [0.29, 0.717) is 6.04 Å². The Morgan fingerprint density at radius 2 is 2.00 bits per heavy atom. The van der Waals surface area contributed by atoms with Crippen molar-refractivity contribution in [1.82, 2.24) is 14.7 Å². The topological polar surface area (TPSA) is 21.1 Å². The summed E-state index contributed by atoms with van der Waals surface area (Å²) in [6.45, 7) is 12.3. The van der Waals surface area contributed by atoms with Gasteiger partial charge in [-0.25, -0.2) is 0 Å². The maximum atomic E-state index is 4.62. The molecular weight excluding hydrogens is 230 g/mol. The van der Waals surface area contributed by atoms with E-state index in [9.17, 15) is 0 Å². The number of rotatable bonds is 3. The van der Waals surface area contributed by atoms with Gasteiger partial charge in [-0.3, -0.25) is 9.58 Å². The molecule has 1 fully saturated rings. The molecular formula is C13H23N3S. The molecule has 2 atom stereocenters. The largest absolute Gasteiger partial charge is 0.295 e. The highest BCUT2D eigenvalue weighted by Gasteiger charge is 2.22. The number of hydrogen-bond donors (Lipinski definition) is 0. The third kappa shape index (κ3) is 3.49. The summed E-state index contributed by atoms with van der Waals surface area (Å²) in [5.41, 5.74) is 1.20. The van der Waals surface area contributed by atoms with Crippen LogP contribution in [0.2, 0.25) is 0 Å². The molecule has 1 aliphatic heterocycles. The fraction of sp³-hybridized carbons (Fsp3) is 0.769. The van der Waals surface area contributed by atoms with E-state index in [-0.39, 0.29) is 0 Å². The predicted molar refractivity (Wildman–Crippen MR) is 74.4 cm³/mol. The van der Waals surface area contributed by atoms with E-state index >= 15 is 0 Å². The lowest BCUT2D eigenvalue weighted by atomic mass is 10.3. The molecule has 0 N–H and O–H groups in total. The SMILES string of the molecule is CC1CN(Cc2ccn(C(C)C)n2)CC(C)S1. The molecule has 17 heavy (non-hydrogen) atoms. The summed E-state index contributed by atoms with van der Waals surface area (Å²) in [7, 11) is 0. The van der Waals surface area contributed by atoms with Crippen LogP contribution in [-0.4, -0.2) is 38.3 Å². The fourth-order valence-electron chi connectivity index (χ4n) is 2.39. The maximum absolute atomic E-state index is 4.62. The molecule has 0 spiro atoms. The quantitative estimate of drug-likeness (QED) is 0.826. The van der Waals surface area contributed by atoms with E-state index in [1.54, 1.807) is 0 Å². The zero-order valence-electron chi connectivity index (χ0n) is 11.3. The van der Waals surface area contributed by atoms with Crippen LogP contribution in [-0.2, 0) is 6.54 Å². The molecule has 2 unspecified atom stereocenters. The fourth-order valence-corrected chi connectivity index (χ4v) is 3.78. The Hall–Kier alpha value is -0.480. The van der Waals surface area contributed by atoms with Gasteiger partial charge >= 0.3 is 0 Å². The maximum Gasteiger partial charge on any atom is 0.0764 e. The molecule has 1 aromatic heterocycles. The summed E-state index contributed by atoms with van der Waals surface area (Å²) in [6, 6.07) is 2.61. The Morgan fingerprint density at radius 3 is 2.53 bits per heavy atom. The lowest BCUT2D eigenvalue weighted by Gasteiger charge is -2.34. The van der Waals surface area contributed by atoms with Crippen molar-refractivity contribution < 1.29 is 0 Å². The summed E-state index contributed by atoms with van der Waals surface area (Å²) in [6.07, 6.45) is 2.09. The second-order valence-electron chi connectivity index (χ2n) is 5.33. The molecule has 2 heterocycles. The van der Waals surface area contributed by atoms with Gasteiger partial charge in [0.05, 0.1) is 5.69 Å². The van der Waals surface area contributed by atoms with E-state index in [0.717, 1.165) is 17.0 Å². The van der Waals surface area contributed by atoms with E-state index in [1.807, 2.05) is 4.68 Å². The lowest BCUT2D eigenvalue weighted by Crippen LogP contribution is -2.39. The normalized spacial score (nSPS) is 26.6. The van der Waals surface area contributed by atoms with Gasteiger partial charge in [0.15, 0.2) is 0 Å². The van der Waals surface area contributed by atoms with Gasteiger partial charge in [0.1, 0.15) is 0 Å². The van der Waals surface area contributed by atoms with Crippen molar-refractivity contribution in [3.63, 3.8) is 0 Å². The molecule has 0 radical (unpaired) electrons. The summed E-state index contributed by atoms with van der Waals surface area (Å²) in [4.78, 5) is 2.53. The first-order chi connectivity index (χ1) is 8.04. The van der Waals surface area contributed by atoms with Crippen LogP contribution in [0.3, 0.4) is 0 Å². The van der Waals surface area contributed by atoms with Crippen molar-refractivity contribution in [2.24, 2.45) is 0 Å². The van der Waals surface area contributed by atoms with Gasteiger partial charge in [0, 0.05) is 42.4 Å². The molecule has 1 aromatic rings. The van der Waals surface area contributed by atoms with E-state index in [1.165, 1.54) is 18.8 Å². The molecule has 1 aliphatic rings. The third-order valence-corrected chi connectivity index (χ3v) is 4.30. The van der Waals surface area contributed by atoms with Crippen molar-refractivity contribution in [1.29, 1.82) is 0 Å². The van der Waals surface area contributed by atoms with Crippen LogP contribution in [0.15, 0.2) is 12.3 Å². The van der Waals surface area contributed by atoms with Crippen molar-refractivity contribution in [2.45, 2.75) is 50.8 Å². The van der Waals surface area contributed by atoms with Crippen molar-refractivity contribution in [3.05, 3.63) is 18.0 Å². The standard InChI is InChI=1S/C13H23N3S/c1-10(2)16-6-5-13(14-16)9-15-7-11(3)17-12(4)8-15/h5-6,10-12H,7-9H2,1-4H3. The van der Waals surface area contributed by atoms with E-state index in [2.05, 4.69) is 61.7 Å². The number of aromatic nitrogens is 2. The van der Waals surface area contributed by atoms with Gasteiger partial charge in [-0.1, -0.05) is 13.8 Å². The molecule has 4 heteroatoms. The van der Waals surface area contributed by atoms with E-state index in [4.69, 9.17) is 0 Å². The molecule has 2 rings (SSSR count). The Labute approximate surface area is 109 Å². The van der Waals surface area contributed by atoms with Gasteiger partial charge in [-0.05, 0) is 19.9 Å². The predicted octanol–water partition coefficient (Wildman–Crippen LogP) is 2.79. The monoisotopic (exact) mass is 253 g/mol. The van der Waals surface area contributed by atoms with Crippen LogP contribution in [0, 0.1) is 0 Å². The second-order valence-corrected chi connectivity index (χ2v) is 7.21. The first kappa shape index (κ1) is 13.0. The molecule has 0 bridgehead atoms. The Bertz CT molecular complexity index is 351. The second kappa shape index (κ2) is 5.44. The zero-order chi connectivity index (χ0) is 12.4. The summed E-state index contributed by atoms with van der Waals surface area (Å²) >= 11 is 2.10. The van der Waals surface area contributed by atoms with Crippen molar-refractivity contribution in [3.8, 4) is 0 Å². The van der Waals surface area contributed by atoms with Crippen LogP contribution in [0.1, 0.15) is 39.4 Å². The van der Waals surface area contributed by atoms with E-state index < -0.39 is 0 Å². The molecule has 3 nitrogen and oxygen atoms in total. The number of thioether (sulfide) groups is 1. The molecule has 0 aromatic carbocycles. The highest BCUT2D eigenvalue weighted by Crippen LogP contribution is 2.25. The number of nitrogens with zero attached hydrogens (tertiary/aromatic N) is 3. The Morgan fingerprint density at radius 1 is 1.35 bits per heavy atom. The summed E-state index contributed by atoms with van der Waals surface area (Å²) < 4.78 is 2.04. The molecule has 1 saturated heterocycles. The minimum Gasteiger partial charge on any atom is -0.295 e. The van der Waals surface area contributed by atoms with Crippen LogP contribution in [0.5, 0.6) is 0 Å². The molecule has 0 saturated carbocycles. The number of hydrogen-bond acceptors (Lipinski definition) is 3. The Kier molecular flexibility index (Phi) is 4.15. The average molecular weight is 253 g/mol. The van der Waals surface area contributed by atoms with Crippen LogP contribution in [0.4, 0.5) is 0 Å². The van der Waals surface area contributed by atoms with Crippen molar-refractivity contribution in [2.75, 3.05) is 13.1 Å². The minimum absolute atomic E-state index is 0.457. The van der Waals surface area contributed by atoms with Gasteiger partial charge < -0.3 is 0 Å². The average Bonchev–Trinajstić information content (AvgIpc) is 2.64. The highest BCUT2D eigenvalue weighted by molar-refractivity contribution is 8.00. The first-order valence-electron chi connectivity index (χ1n) is 6.46. The van der Waals surface area contributed by atoms with Crippen molar-refractivity contribution >= 4 is 11.8 Å². The van der Waals surface area contributed by atoms with Gasteiger partial charge in [-0.15, -0.1) is 0 Å². The van der Waals surface area contributed by atoms with Crippen LogP contribution >= 0.6 is 11.8 Å². The zero-order valence-corrected chi connectivity index (χ0v) is 12.1. The minimum atomic E-state index is 0.457. The Balaban J connectivity index is 1.95. The summed E-state index contributed by atoms with van der Waals surface area (Å²) in [5, 5.41) is 6.11. The van der Waals surface area contributed by atoms with Gasteiger partial charge in [0.2, 0.25) is 0 Å². The molecule has 96 valence electrons. The third-order valence-electron chi connectivity index (χ3n) is 3.07. The lowest BCUT2D eigenvalue weighted by molar-refractivity contribution is 0.258. The highest BCUT2D eigenvalue weighted by atomic mass is 32.2. The summed E-state index contributed by atoms with van der Waals surface area (Å²) in [5.74, 6) is 0. The molecule has 0 amide bonds. The van der Waals surface area contributed by atoms with Crippen LogP contribution < -0.4 is 0 Å². The van der Waals surface area contributed by atoms with Gasteiger partial charge in [0.25, 0.3) is 0 Å². The smallest absolute Gasteiger partial charge is 0.0764 e.